The van der Waals surface area contributed by atoms with E-state index in [1.54, 1.807) is 19.1 Å². The fourth-order valence-corrected chi connectivity index (χ4v) is 2.42. The standard InChI is InChI=1S/C14H11BrF2O/c1-8-5-9(7-10(16)6-8)14(18)13-11(15)3-2-4-12(13)17/h2-7,14,18H,1H3. The van der Waals surface area contributed by atoms with Gasteiger partial charge in [0.05, 0.1) is 0 Å². The molecule has 0 heterocycles. The third kappa shape index (κ3) is 2.60. The summed E-state index contributed by atoms with van der Waals surface area (Å²) in [5.74, 6) is -0.977. The third-order valence-corrected chi connectivity index (χ3v) is 3.34. The summed E-state index contributed by atoms with van der Waals surface area (Å²) in [7, 11) is 0. The fourth-order valence-electron chi connectivity index (χ4n) is 1.86. The minimum atomic E-state index is -1.20. The predicted molar refractivity (Wildman–Crippen MR) is 69.3 cm³/mol. The van der Waals surface area contributed by atoms with Gasteiger partial charge in [0, 0.05) is 10.0 Å². The van der Waals surface area contributed by atoms with E-state index < -0.39 is 17.7 Å². The summed E-state index contributed by atoms with van der Waals surface area (Å²) < 4.78 is 27.4. The van der Waals surface area contributed by atoms with Gasteiger partial charge in [-0.3, -0.25) is 0 Å². The zero-order chi connectivity index (χ0) is 13.3. The van der Waals surface area contributed by atoms with Crippen LogP contribution in [0.1, 0.15) is 22.8 Å². The lowest BCUT2D eigenvalue weighted by atomic mass is 9.99. The van der Waals surface area contributed by atoms with Crippen molar-refractivity contribution in [1.29, 1.82) is 0 Å². The number of hydrogen-bond donors (Lipinski definition) is 1. The van der Waals surface area contributed by atoms with Crippen LogP contribution in [-0.2, 0) is 0 Å². The van der Waals surface area contributed by atoms with E-state index in [9.17, 15) is 13.9 Å². The number of benzene rings is 2. The number of aliphatic hydroxyl groups is 1. The molecular weight excluding hydrogens is 302 g/mol. The minimum absolute atomic E-state index is 0.113. The van der Waals surface area contributed by atoms with E-state index in [2.05, 4.69) is 15.9 Å². The Morgan fingerprint density at radius 1 is 1.17 bits per heavy atom. The van der Waals surface area contributed by atoms with Crippen LogP contribution < -0.4 is 0 Å². The molecule has 0 bridgehead atoms. The largest absolute Gasteiger partial charge is 0.384 e. The Balaban J connectivity index is 2.51. The highest BCUT2D eigenvalue weighted by atomic mass is 79.9. The molecule has 0 saturated carbocycles. The highest BCUT2D eigenvalue weighted by molar-refractivity contribution is 9.10. The van der Waals surface area contributed by atoms with E-state index in [0.29, 0.717) is 15.6 Å². The summed E-state index contributed by atoms with van der Waals surface area (Å²) in [6, 6.07) is 8.62. The van der Waals surface area contributed by atoms with Gasteiger partial charge in [0.2, 0.25) is 0 Å². The molecule has 0 spiro atoms. The molecule has 2 aromatic carbocycles. The van der Waals surface area contributed by atoms with Crippen LogP contribution in [0.2, 0.25) is 0 Å². The lowest BCUT2D eigenvalue weighted by Gasteiger charge is -2.15. The molecule has 1 atom stereocenters. The molecule has 0 saturated heterocycles. The summed E-state index contributed by atoms with van der Waals surface area (Å²) in [4.78, 5) is 0. The highest BCUT2D eigenvalue weighted by Crippen LogP contribution is 2.31. The second-order valence-electron chi connectivity index (χ2n) is 4.10. The minimum Gasteiger partial charge on any atom is -0.384 e. The van der Waals surface area contributed by atoms with Crippen LogP contribution in [0.15, 0.2) is 40.9 Å². The summed E-state index contributed by atoms with van der Waals surface area (Å²) in [5.41, 5.74) is 1.12. The average molecular weight is 313 g/mol. The van der Waals surface area contributed by atoms with Crippen molar-refractivity contribution in [2.45, 2.75) is 13.0 Å². The molecule has 0 aliphatic rings. The first kappa shape index (κ1) is 13.2. The zero-order valence-corrected chi connectivity index (χ0v) is 11.2. The van der Waals surface area contributed by atoms with Gasteiger partial charge in [0.1, 0.15) is 17.7 Å². The Morgan fingerprint density at radius 2 is 1.89 bits per heavy atom. The maximum Gasteiger partial charge on any atom is 0.130 e. The first-order valence-electron chi connectivity index (χ1n) is 5.38. The van der Waals surface area contributed by atoms with Gasteiger partial charge in [0.15, 0.2) is 0 Å². The fraction of sp³-hybridized carbons (Fsp3) is 0.143. The number of rotatable bonds is 2. The van der Waals surface area contributed by atoms with Crippen molar-refractivity contribution in [1.82, 2.24) is 0 Å². The van der Waals surface area contributed by atoms with Crippen molar-refractivity contribution in [2.75, 3.05) is 0 Å². The quantitative estimate of drug-likeness (QED) is 0.884. The predicted octanol–water partition coefficient (Wildman–Crippen LogP) is 4.12. The third-order valence-electron chi connectivity index (χ3n) is 2.65. The molecule has 0 fully saturated rings. The molecular formula is C14H11BrF2O. The Labute approximate surface area is 112 Å². The molecule has 1 N–H and O–H groups in total. The lowest BCUT2D eigenvalue weighted by molar-refractivity contribution is 0.213. The van der Waals surface area contributed by atoms with Crippen LogP contribution in [0.4, 0.5) is 8.78 Å². The molecule has 0 amide bonds. The van der Waals surface area contributed by atoms with Gasteiger partial charge >= 0.3 is 0 Å². The van der Waals surface area contributed by atoms with E-state index in [1.807, 2.05) is 0 Å². The molecule has 2 aromatic rings. The van der Waals surface area contributed by atoms with Crippen LogP contribution in [0, 0.1) is 18.6 Å². The number of aryl methyl sites for hydroxylation is 1. The molecule has 18 heavy (non-hydrogen) atoms. The Hall–Kier alpha value is -1.26. The molecule has 94 valence electrons. The molecule has 1 nitrogen and oxygen atoms in total. The normalized spacial score (nSPS) is 12.5. The first-order chi connectivity index (χ1) is 8.49. The monoisotopic (exact) mass is 312 g/mol. The number of hydrogen-bond acceptors (Lipinski definition) is 1. The van der Waals surface area contributed by atoms with Crippen molar-refractivity contribution >= 4 is 15.9 Å². The Morgan fingerprint density at radius 3 is 2.50 bits per heavy atom. The molecule has 0 aliphatic heterocycles. The van der Waals surface area contributed by atoms with Gasteiger partial charge in [-0.05, 0) is 42.3 Å². The topological polar surface area (TPSA) is 20.2 Å². The summed E-state index contributed by atoms with van der Waals surface area (Å²) in [5, 5.41) is 10.2. The van der Waals surface area contributed by atoms with Crippen LogP contribution in [0.3, 0.4) is 0 Å². The molecule has 4 heteroatoms. The highest BCUT2D eigenvalue weighted by Gasteiger charge is 2.18. The number of aliphatic hydroxyl groups excluding tert-OH is 1. The van der Waals surface area contributed by atoms with Gasteiger partial charge in [-0.1, -0.05) is 28.1 Å². The summed E-state index contributed by atoms with van der Waals surface area (Å²) >= 11 is 3.19. The van der Waals surface area contributed by atoms with Gasteiger partial charge in [0.25, 0.3) is 0 Å². The van der Waals surface area contributed by atoms with Gasteiger partial charge < -0.3 is 5.11 Å². The Kier molecular flexibility index (Phi) is 3.78. The summed E-state index contributed by atoms with van der Waals surface area (Å²) in [6.45, 7) is 1.72. The van der Waals surface area contributed by atoms with Gasteiger partial charge in [-0.25, -0.2) is 8.78 Å². The van der Waals surface area contributed by atoms with Crippen molar-refractivity contribution in [3.8, 4) is 0 Å². The van der Waals surface area contributed by atoms with Crippen LogP contribution in [-0.4, -0.2) is 5.11 Å². The second kappa shape index (κ2) is 5.16. The molecule has 1 unspecified atom stereocenters. The molecule has 0 aromatic heterocycles. The maximum absolute atomic E-state index is 13.7. The zero-order valence-electron chi connectivity index (χ0n) is 9.62. The van der Waals surface area contributed by atoms with Crippen molar-refractivity contribution in [2.24, 2.45) is 0 Å². The van der Waals surface area contributed by atoms with Crippen LogP contribution >= 0.6 is 15.9 Å². The molecule has 0 aliphatic carbocycles. The summed E-state index contributed by atoms with van der Waals surface area (Å²) in [6.07, 6.45) is -1.20. The smallest absolute Gasteiger partial charge is 0.130 e. The second-order valence-corrected chi connectivity index (χ2v) is 4.95. The first-order valence-corrected chi connectivity index (χ1v) is 6.17. The van der Waals surface area contributed by atoms with Crippen molar-refractivity contribution in [3.05, 3.63) is 69.2 Å². The SMILES string of the molecule is Cc1cc(F)cc(C(O)c2c(F)cccc2Br)c1. The van der Waals surface area contributed by atoms with Crippen molar-refractivity contribution < 1.29 is 13.9 Å². The van der Waals surface area contributed by atoms with E-state index in [1.165, 1.54) is 24.3 Å². The van der Waals surface area contributed by atoms with E-state index in [-0.39, 0.29) is 5.56 Å². The number of halogens is 3. The van der Waals surface area contributed by atoms with Gasteiger partial charge in [-0.15, -0.1) is 0 Å². The maximum atomic E-state index is 13.7. The van der Waals surface area contributed by atoms with Gasteiger partial charge in [-0.2, -0.15) is 0 Å². The van der Waals surface area contributed by atoms with E-state index in [4.69, 9.17) is 0 Å². The Bertz CT molecular complexity index is 544. The molecule has 2 rings (SSSR count). The van der Waals surface area contributed by atoms with E-state index >= 15 is 0 Å². The average Bonchev–Trinajstić information content (AvgIpc) is 2.27. The van der Waals surface area contributed by atoms with Crippen LogP contribution in [0.5, 0.6) is 0 Å². The van der Waals surface area contributed by atoms with Crippen molar-refractivity contribution in [3.63, 3.8) is 0 Å². The van der Waals surface area contributed by atoms with Crippen LogP contribution in [0.25, 0.3) is 0 Å². The lowest BCUT2D eigenvalue weighted by Crippen LogP contribution is -2.04. The molecule has 0 radical (unpaired) electrons. The van der Waals surface area contributed by atoms with E-state index in [0.717, 1.165) is 0 Å².